The van der Waals surface area contributed by atoms with E-state index in [1.807, 2.05) is 50.2 Å². The molecule has 4 heteroatoms. The molecule has 0 aliphatic carbocycles. The molecule has 0 aliphatic heterocycles. The molecule has 0 saturated heterocycles. The van der Waals surface area contributed by atoms with Gasteiger partial charge in [0.05, 0.1) is 6.61 Å². The van der Waals surface area contributed by atoms with Crippen LogP contribution in [0.5, 0.6) is 0 Å². The summed E-state index contributed by atoms with van der Waals surface area (Å²) in [6.45, 7) is 4.76. The Balaban J connectivity index is 2.48. The molecule has 0 spiro atoms. The fourth-order valence-corrected chi connectivity index (χ4v) is 1.32. The lowest BCUT2D eigenvalue weighted by Gasteiger charge is -2.06. The van der Waals surface area contributed by atoms with Gasteiger partial charge in [0, 0.05) is 12.7 Å². The number of hydrogen-bond donors (Lipinski definition) is 1. The number of ether oxygens (including phenoxy) is 1. The maximum Gasteiger partial charge on any atom is 0.350 e. The van der Waals surface area contributed by atoms with Crippen molar-refractivity contribution in [2.75, 3.05) is 6.61 Å². The molecule has 0 radical (unpaired) electrons. The number of nitrogens with zero attached hydrogens (tertiary/aromatic N) is 1. The van der Waals surface area contributed by atoms with E-state index < -0.39 is 5.97 Å². The predicted octanol–water partition coefficient (Wildman–Crippen LogP) is 2.38. The summed E-state index contributed by atoms with van der Waals surface area (Å²) in [5.74, 6) is -0.335. The minimum Gasteiger partial charge on any atom is -0.461 e. The largest absolute Gasteiger partial charge is 0.461 e. The van der Waals surface area contributed by atoms with Gasteiger partial charge in [0.1, 0.15) is 6.07 Å². The van der Waals surface area contributed by atoms with Crippen LogP contribution in [0.2, 0.25) is 0 Å². The van der Waals surface area contributed by atoms with Crippen LogP contribution in [0, 0.1) is 17.2 Å². The maximum absolute atomic E-state index is 11.6. The summed E-state index contributed by atoms with van der Waals surface area (Å²) in [7, 11) is 0. The van der Waals surface area contributed by atoms with Gasteiger partial charge < -0.3 is 10.1 Å². The van der Waals surface area contributed by atoms with E-state index in [4.69, 9.17) is 10.00 Å². The van der Waals surface area contributed by atoms with Crippen LogP contribution < -0.4 is 5.32 Å². The Labute approximate surface area is 113 Å². The van der Waals surface area contributed by atoms with Crippen molar-refractivity contribution >= 4 is 5.97 Å². The molecule has 0 saturated carbocycles. The molecule has 1 N–H and O–H groups in total. The van der Waals surface area contributed by atoms with E-state index in [1.54, 1.807) is 0 Å². The highest BCUT2D eigenvalue weighted by atomic mass is 16.5. The van der Waals surface area contributed by atoms with Gasteiger partial charge in [-0.15, -0.1) is 0 Å². The lowest BCUT2D eigenvalue weighted by Crippen LogP contribution is -2.14. The number of carbonyl (C=O) groups excluding carboxylic acids is 1. The summed E-state index contributed by atoms with van der Waals surface area (Å²) < 4.78 is 4.99. The van der Waals surface area contributed by atoms with Crippen molar-refractivity contribution < 1.29 is 9.53 Å². The minimum absolute atomic E-state index is 0.0171. The van der Waals surface area contributed by atoms with Gasteiger partial charge in [-0.1, -0.05) is 44.2 Å². The summed E-state index contributed by atoms with van der Waals surface area (Å²) in [4.78, 5) is 11.6. The van der Waals surface area contributed by atoms with E-state index >= 15 is 0 Å². The normalized spacial score (nSPS) is 10.9. The van der Waals surface area contributed by atoms with E-state index in [2.05, 4.69) is 5.32 Å². The number of benzene rings is 1. The molecule has 0 amide bonds. The van der Waals surface area contributed by atoms with E-state index in [-0.39, 0.29) is 11.5 Å². The maximum atomic E-state index is 11.6. The number of rotatable bonds is 6. The monoisotopic (exact) mass is 258 g/mol. The Bertz CT molecular complexity index is 473. The lowest BCUT2D eigenvalue weighted by molar-refractivity contribution is -0.139. The molecule has 0 aliphatic rings. The van der Waals surface area contributed by atoms with Crippen molar-refractivity contribution in [3.8, 4) is 6.07 Å². The van der Waals surface area contributed by atoms with Crippen molar-refractivity contribution in [2.24, 2.45) is 5.92 Å². The minimum atomic E-state index is -0.586. The Morgan fingerprint density at radius 1 is 1.42 bits per heavy atom. The van der Waals surface area contributed by atoms with Crippen LogP contribution in [0.3, 0.4) is 0 Å². The summed E-state index contributed by atoms with van der Waals surface area (Å²) in [6.07, 6.45) is 1.40. The molecular weight excluding hydrogens is 240 g/mol. The molecule has 4 nitrogen and oxygen atoms in total. The number of nitriles is 1. The fourth-order valence-electron chi connectivity index (χ4n) is 1.32. The molecule has 19 heavy (non-hydrogen) atoms. The Kier molecular flexibility index (Phi) is 6.17. The topological polar surface area (TPSA) is 62.1 Å². The highest BCUT2D eigenvalue weighted by Crippen LogP contribution is 2.01. The standard InChI is InChI=1S/C15H18N2O2/c1-12(2)11-19-15(18)14(8-16)10-17-9-13-6-4-3-5-7-13/h3-7,10,12,17H,9,11H2,1-2H3. The average Bonchev–Trinajstić information content (AvgIpc) is 2.42. The van der Waals surface area contributed by atoms with Crippen LogP contribution in [0.25, 0.3) is 0 Å². The van der Waals surface area contributed by atoms with Gasteiger partial charge in [-0.25, -0.2) is 4.79 Å². The molecule has 1 aromatic rings. The molecule has 0 bridgehead atoms. The first-order valence-corrected chi connectivity index (χ1v) is 6.18. The van der Waals surface area contributed by atoms with Gasteiger partial charge in [-0.3, -0.25) is 0 Å². The second kappa shape index (κ2) is 7.93. The molecule has 0 fully saturated rings. The van der Waals surface area contributed by atoms with E-state index in [0.29, 0.717) is 13.2 Å². The van der Waals surface area contributed by atoms with Crippen LogP contribution in [0.1, 0.15) is 19.4 Å². The van der Waals surface area contributed by atoms with Gasteiger partial charge in [0.25, 0.3) is 0 Å². The Morgan fingerprint density at radius 2 is 2.11 bits per heavy atom. The van der Waals surface area contributed by atoms with Crippen molar-refractivity contribution in [1.29, 1.82) is 5.26 Å². The second-order valence-electron chi connectivity index (χ2n) is 4.53. The van der Waals surface area contributed by atoms with Crippen LogP contribution in [0.15, 0.2) is 42.1 Å². The van der Waals surface area contributed by atoms with E-state index in [0.717, 1.165) is 5.56 Å². The SMILES string of the molecule is CC(C)COC(=O)C(C#N)=CNCc1ccccc1. The van der Waals surface area contributed by atoms with Crippen LogP contribution in [-0.2, 0) is 16.1 Å². The highest BCUT2D eigenvalue weighted by Gasteiger charge is 2.10. The molecule has 1 rings (SSSR count). The quantitative estimate of drug-likeness (QED) is 0.483. The zero-order chi connectivity index (χ0) is 14.1. The smallest absolute Gasteiger partial charge is 0.350 e. The number of esters is 1. The highest BCUT2D eigenvalue weighted by molar-refractivity contribution is 5.92. The lowest BCUT2D eigenvalue weighted by atomic mass is 10.2. The second-order valence-corrected chi connectivity index (χ2v) is 4.53. The van der Waals surface area contributed by atoms with Crippen molar-refractivity contribution in [3.63, 3.8) is 0 Å². The van der Waals surface area contributed by atoms with Crippen LogP contribution in [0.4, 0.5) is 0 Å². The molecular formula is C15H18N2O2. The molecule has 0 aromatic heterocycles. The Hall–Kier alpha value is -2.28. The molecule has 1 aromatic carbocycles. The summed E-state index contributed by atoms with van der Waals surface area (Å²) in [5, 5.41) is 11.8. The Morgan fingerprint density at radius 3 is 2.68 bits per heavy atom. The summed E-state index contributed by atoms with van der Waals surface area (Å²) in [6, 6.07) is 11.6. The van der Waals surface area contributed by atoms with Gasteiger partial charge >= 0.3 is 5.97 Å². The molecule has 0 atom stereocenters. The number of nitrogens with one attached hydrogen (secondary N) is 1. The van der Waals surface area contributed by atoms with Crippen molar-refractivity contribution in [3.05, 3.63) is 47.7 Å². The first-order valence-electron chi connectivity index (χ1n) is 6.18. The summed E-state index contributed by atoms with van der Waals surface area (Å²) >= 11 is 0. The fraction of sp³-hybridized carbons (Fsp3) is 0.333. The molecule has 0 heterocycles. The molecule has 0 unspecified atom stereocenters. The van der Waals surface area contributed by atoms with Crippen molar-refractivity contribution in [1.82, 2.24) is 5.32 Å². The van der Waals surface area contributed by atoms with E-state index in [9.17, 15) is 4.79 Å². The van der Waals surface area contributed by atoms with E-state index in [1.165, 1.54) is 6.20 Å². The van der Waals surface area contributed by atoms with Gasteiger partial charge in [0.2, 0.25) is 0 Å². The van der Waals surface area contributed by atoms with Gasteiger partial charge in [-0.05, 0) is 11.5 Å². The number of hydrogen-bond acceptors (Lipinski definition) is 4. The third-order valence-electron chi connectivity index (χ3n) is 2.28. The van der Waals surface area contributed by atoms with Crippen LogP contribution >= 0.6 is 0 Å². The summed E-state index contributed by atoms with van der Waals surface area (Å²) in [5.41, 5.74) is 1.06. The first kappa shape index (κ1) is 14.8. The van der Waals surface area contributed by atoms with Crippen LogP contribution in [-0.4, -0.2) is 12.6 Å². The van der Waals surface area contributed by atoms with Gasteiger partial charge in [0.15, 0.2) is 5.57 Å². The van der Waals surface area contributed by atoms with Gasteiger partial charge in [-0.2, -0.15) is 5.26 Å². The number of carbonyl (C=O) groups is 1. The average molecular weight is 258 g/mol. The first-order chi connectivity index (χ1) is 9.13. The third-order valence-corrected chi connectivity index (χ3v) is 2.28. The zero-order valence-electron chi connectivity index (χ0n) is 11.2. The molecule has 100 valence electrons. The zero-order valence-corrected chi connectivity index (χ0v) is 11.2. The third kappa shape index (κ3) is 5.73. The predicted molar refractivity (Wildman–Crippen MR) is 72.8 cm³/mol. The van der Waals surface area contributed by atoms with Crippen molar-refractivity contribution in [2.45, 2.75) is 20.4 Å².